The molecule has 0 heterocycles. The number of hydrogen-bond acceptors (Lipinski definition) is 3. The van der Waals surface area contributed by atoms with Gasteiger partial charge in [0.2, 0.25) is 0 Å². The van der Waals surface area contributed by atoms with Crippen molar-refractivity contribution >= 4 is 6.16 Å². The van der Waals surface area contributed by atoms with Crippen molar-refractivity contribution in [3.05, 3.63) is 23.3 Å². The molecule has 4 rings (SSSR count). The maximum atomic E-state index is 12.1. The SMILES string of the molecule is CC1CCC(C2CC=C(COC(=O)OCC3=CCC(C4CCC(C)CC4)CC3)CC2)CC1. The van der Waals surface area contributed by atoms with E-state index in [1.165, 1.54) is 88.2 Å². The Kier molecular flexibility index (Phi) is 8.77. The number of allylic oxidation sites excluding steroid dienone is 2. The van der Waals surface area contributed by atoms with E-state index in [0.29, 0.717) is 13.2 Å². The van der Waals surface area contributed by atoms with Crippen molar-refractivity contribution in [2.45, 2.75) is 104 Å². The molecule has 32 heavy (non-hydrogen) atoms. The Hall–Kier alpha value is -1.25. The molecule has 0 aromatic heterocycles. The Morgan fingerprint density at radius 3 is 1.41 bits per heavy atom. The number of carbonyl (C=O) groups excluding carboxylic acids is 1. The normalized spacial score (nSPS) is 36.1. The van der Waals surface area contributed by atoms with Gasteiger partial charge in [0.15, 0.2) is 0 Å². The predicted octanol–water partition coefficient (Wildman–Crippen LogP) is 8.25. The highest BCUT2D eigenvalue weighted by atomic mass is 16.7. The highest BCUT2D eigenvalue weighted by Gasteiger charge is 2.28. The summed E-state index contributed by atoms with van der Waals surface area (Å²) in [4.78, 5) is 12.1. The Labute approximate surface area is 196 Å². The summed E-state index contributed by atoms with van der Waals surface area (Å²) in [6.07, 6.45) is 22.5. The van der Waals surface area contributed by atoms with Crippen molar-refractivity contribution in [3.63, 3.8) is 0 Å². The number of ether oxygens (including phenoxy) is 2. The molecule has 2 fully saturated rings. The average molecular weight is 443 g/mol. The molecule has 4 aliphatic rings. The van der Waals surface area contributed by atoms with E-state index < -0.39 is 6.16 Å². The minimum absolute atomic E-state index is 0.411. The van der Waals surface area contributed by atoms with Crippen LogP contribution < -0.4 is 0 Å². The first-order valence-corrected chi connectivity index (χ1v) is 13.7. The van der Waals surface area contributed by atoms with Crippen LogP contribution in [-0.2, 0) is 9.47 Å². The quantitative estimate of drug-likeness (QED) is 0.307. The zero-order valence-corrected chi connectivity index (χ0v) is 20.7. The molecule has 4 aliphatic carbocycles. The Morgan fingerprint density at radius 1 is 0.656 bits per heavy atom. The molecule has 3 nitrogen and oxygen atoms in total. The van der Waals surface area contributed by atoms with Crippen LogP contribution in [0.1, 0.15) is 104 Å². The molecule has 0 amide bonds. The highest BCUT2D eigenvalue weighted by molar-refractivity contribution is 5.60. The smallest absolute Gasteiger partial charge is 0.430 e. The summed E-state index contributed by atoms with van der Waals surface area (Å²) >= 11 is 0. The van der Waals surface area contributed by atoms with E-state index in [2.05, 4.69) is 26.0 Å². The van der Waals surface area contributed by atoms with Crippen molar-refractivity contribution < 1.29 is 14.3 Å². The lowest BCUT2D eigenvalue weighted by Crippen LogP contribution is -2.23. The molecule has 0 bridgehead atoms. The van der Waals surface area contributed by atoms with Gasteiger partial charge in [-0.1, -0.05) is 51.7 Å². The molecule has 0 spiro atoms. The minimum Gasteiger partial charge on any atom is -0.430 e. The van der Waals surface area contributed by atoms with E-state index in [9.17, 15) is 4.79 Å². The van der Waals surface area contributed by atoms with Gasteiger partial charge in [-0.25, -0.2) is 4.79 Å². The molecule has 2 atom stereocenters. The maximum absolute atomic E-state index is 12.1. The second-order valence-electron chi connectivity index (χ2n) is 11.7. The lowest BCUT2D eigenvalue weighted by atomic mass is 9.72. The first-order valence-electron chi connectivity index (χ1n) is 13.7. The third-order valence-electron chi connectivity index (χ3n) is 9.30. The van der Waals surface area contributed by atoms with Crippen LogP contribution in [0.4, 0.5) is 4.79 Å². The van der Waals surface area contributed by atoms with Gasteiger partial charge >= 0.3 is 6.16 Å². The molecule has 0 N–H and O–H groups in total. The minimum atomic E-state index is -0.501. The van der Waals surface area contributed by atoms with Crippen LogP contribution in [0.15, 0.2) is 23.3 Å². The molecular weight excluding hydrogens is 396 g/mol. The summed E-state index contributed by atoms with van der Waals surface area (Å²) in [5.41, 5.74) is 2.56. The van der Waals surface area contributed by atoms with E-state index in [1.54, 1.807) is 0 Å². The lowest BCUT2D eigenvalue weighted by molar-refractivity contribution is 0.0656. The zero-order chi connectivity index (χ0) is 22.3. The fraction of sp³-hybridized carbons (Fsp3) is 0.828. The predicted molar refractivity (Wildman–Crippen MR) is 130 cm³/mol. The number of hydrogen-bond donors (Lipinski definition) is 0. The van der Waals surface area contributed by atoms with Gasteiger partial charge in [0.1, 0.15) is 13.2 Å². The Bertz CT molecular complexity index is 606. The van der Waals surface area contributed by atoms with E-state index >= 15 is 0 Å². The van der Waals surface area contributed by atoms with Crippen molar-refractivity contribution in [1.82, 2.24) is 0 Å². The molecule has 2 unspecified atom stereocenters. The molecule has 180 valence electrons. The molecular formula is C29H46O3. The molecule has 0 aliphatic heterocycles. The van der Waals surface area contributed by atoms with Crippen LogP contribution in [0.25, 0.3) is 0 Å². The van der Waals surface area contributed by atoms with E-state index in [-0.39, 0.29) is 0 Å². The van der Waals surface area contributed by atoms with Crippen molar-refractivity contribution in [3.8, 4) is 0 Å². The van der Waals surface area contributed by atoms with Crippen LogP contribution in [-0.4, -0.2) is 19.4 Å². The lowest BCUT2D eigenvalue weighted by Gasteiger charge is -2.34. The Balaban J connectivity index is 1.10. The van der Waals surface area contributed by atoms with Gasteiger partial charge in [0.25, 0.3) is 0 Å². The summed E-state index contributed by atoms with van der Waals surface area (Å²) in [6.45, 7) is 5.61. The summed E-state index contributed by atoms with van der Waals surface area (Å²) in [6, 6.07) is 0. The van der Waals surface area contributed by atoms with Crippen LogP contribution in [0.2, 0.25) is 0 Å². The van der Waals surface area contributed by atoms with Crippen molar-refractivity contribution in [1.29, 1.82) is 0 Å². The van der Waals surface area contributed by atoms with Gasteiger partial charge in [-0.3, -0.25) is 0 Å². The fourth-order valence-corrected chi connectivity index (χ4v) is 6.80. The second-order valence-corrected chi connectivity index (χ2v) is 11.7. The molecule has 0 aromatic carbocycles. The van der Waals surface area contributed by atoms with Crippen LogP contribution in [0, 0.1) is 35.5 Å². The van der Waals surface area contributed by atoms with Gasteiger partial charge in [0.05, 0.1) is 0 Å². The summed E-state index contributed by atoms with van der Waals surface area (Å²) in [5.74, 6) is 5.37. The summed E-state index contributed by atoms with van der Waals surface area (Å²) in [7, 11) is 0. The third-order valence-corrected chi connectivity index (χ3v) is 9.30. The second kappa shape index (κ2) is 11.7. The molecule has 3 heteroatoms. The van der Waals surface area contributed by atoms with Gasteiger partial charge < -0.3 is 9.47 Å². The monoisotopic (exact) mass is 442 g/mol. The van der Waals surface area contributed by atoms with E-state index in [4.69, 9.17) is 9.47 Å². The van der Waals surface area contributed by atoms with Crippen molar-refractivity contribution in [2.24, 2.45) is 35.5 Å². The van der Waals surface area contributed by atoms with Crippen LogP contribution in [0.3, 0.4) is 0 Å². The number of rotatable bonds is 6. The topological polar surface area (TPSA) is 35.5 Å². The molecule has 0 saturated heterocycles. The third kappa shape index (κ3) is 6.87. The molecule has 0 radical (unpaired) electrons. The Morgan fingerprint density at radius 2 is 1.06 bits per heavy atom. The number of carbonyl (C=O) groups is 1. The standard InChI is InChI=1S/C29H46O3/c1-21-3-11-25(12-4-21)27-15-7-23(8-16-27)19-31-29(30)32-20-24-9-17-28(18-10-24)26-13-5-22(2)6-14-26/h7,9,21-22,25-28H,3-6,8,10-20H2,1-2H3. The first-order chi connectivity index (χ1) is 15.6. The van der Waals surface area contributed by atoms with Gasteiger partial charge in [0, 0.05) is 0 Å². The van der Waals surface area contributed by atoms with Gasteiger partial charge in [-0.2, -0.15) is 0 Å². The fourth-order valence-electron chi connectivity index (χ4n) is 6.80. The molecule has 2 saturated carbocycles. The zero-order valence-electron chi connectivity index (χ0n) is 20.7. The van der Waals surface area contributed by atoms with E-state index in [0.717, 1.165) is 48.3 Å². The van der Waals surface area contributed by atoms with Gasteiger partial charge in [-0.15, -0.1) is 0 Å². The largest absolute Gasteiger partial charge is 0.508 e. The van der Waals surface area contributed by atoms with Gasteiger partial charge in [-0.05, 0) is 111 Å². The van der Waals surface area contributed by atoms with Crippen LogP contribution >= 0.6 is 0 Å². The molecule has 0 aromatic rings. The average Bonchev–Trinajstić information content (AvgIpc) is 2.83. The highest BCUT2D eigenvalue weighted by Crippen LogP contribution is 2.40. The summed E-state index contributed by atoms with van der Waals surface area (Å²) in [5, 5.41) is 0. The van der Waals surface area contributed by atoms with E-state index in [1.807, 2.05) is 0 Å². The summed E-state index contributed by atoms with van der Waals surface area (Å²) < 4.78 is 10.9. The first kappa shape index (κ1) is 23.9. The van der Waals surface area contributed by atoms with Crippen molar-refractivity contribution in [2.75, 3.05) is 13.2 Å². The van der Waals surface area contributed by atoms with Crippen LogP contribution in [0.5, 0.6) is 0 Å². The maximum Gasteiger partial charge on any atom is 0.508 e.